The lowest BCUT2D eigenvalue weighted by Gasteiger charge is -2.26. The molecule has 3 aromatic rings. The van der Waals surface area contributed by atoms with E-state index >= 15 is 0 Å². The Hall–Kier alpha value is -2.37. The Morgan fingerprint density at radius 1 is 1.00 bits per heavy atom. The normalized spacial score (nSPS) is 14.6. The van der Waals surface area contributed by atoms with E-state index in [1.807, 2.05) is 29.1 Å². The fraction of sp³-hybridized carbons (Fsp3) is 0.417. The van der Waals surface area contributed by atoms with Crippen molar-refractivity contribution in [2.24, 2.45) is 4.99 Å². The maximum absolute atomic E-state index is 5.44. The van der Waals surface area contributed by atoms with Crippen molar-refractivity contribution in [2.45, 2.75) is 19.5 Å². The van der Waals surface area contributed by atoms with Crippen molar-refractivity contribution in [3.8, 4) is 0 Å². The van der Waals surface area contributed by atoms with Crippen LogP contribution < -0.4 is 10.6 Å². The Morgan fingerprint density at radius 2 is 1.82 bits per heavy atom. The third-order valence-electron chi connectivity index (χ3n) is 5.49. The molecule has 0 aliphatic carbocycles. The molecule has 1 aromatic carbocycles. The first-order valence-corrected chi connectivity index (χ1v) is 11.3. The summed E-state index contributed by atoms with van der Waals surface area (Å²) in [6.07, 6.45) is 6.31. The standard InChI is InChI=1S/C24H32N6O2.HI/c1-2-6-22(20-30-12-4-9-28-30)21(5-1)19-27-24(25-10-8-23-7-3-16-32-23)26-11-13-29-14-17-31-18-15-29;/h1-7,9,12,16H,8,10-11,13-15,17-20H2,(H2,25,26,27);1H. The second kappa shape index (κ2) is 14.0. The number of hydrogen-bond acceptors (Lipinski definition) is 5. The van der Waals surface area contributed by atoms with Crippen LogP contribution in [0.5, 0.6) is 0 Å². The van der Waals surface area contributed by atoms with Gasteiger partial charge in [-0.25, -0.2) is 4.99 Å². The third-order valence-corrected chi connectivity index (χ3v) is 5.49. The number of nitrogens with zero attached hydrogens (tertiary/aromatic N) is 4. The van der Waals surface area contributed by atoms with Gasteiger partial charge in [0.25, 0.3) is 0 Å². The van der Waals surface area contributed by atoms with Crippen LogP contribution in [0.4, 0.5) is 0 Å². The van der Waals surface area contributed by atoms with Crippen molar-refractivity contribution in [3.63, 3.8) is 0 Å². The number of aromatic nitrogens is 2. The maximum Gasteiger partial charge on any atom is 0.191 e. The van der Waals surface area contributed by atoms with Gasteiger partial charge in [-0.05, 0) is 29.3 Å². The number of aliphatic imine (C=N–C) groups is 1. The van der Waals surface area contributed by atoms with Crippen molar-refractivity contribution in [1.82, 2.24) is 25.3 Å². The Morgan fingerprint density at radius 3 is 2.58 bits per heavy atom. The fourth-order valence-electron chi connectivity index (χ4n) is 3.69. The van der Waals surface area contributed by atoms with E-state index in [1.54, 1.807) is 12.5 Å². The van der Waals surface area contributed by atoms with Gasteiger partial charge >= 0.3 is 0 Å². The van der Waals surface area contributed by atoms with Gasteiger partial charge in [0.1, 0.15) is 5.76 Å². The highest BCUT2D eigenvalue weighted by Crippen LogP contribution is 2.11. The molecule has 178 valence electrons. The summed E-state index contributed by atoms with van der Waals surface area (Å²) < 4.78 is 12.8. The lowest BCUT2D eigenvalue weighted by molar-refractivity contribution is 0.0389. The van der Waals surface area contributed by atoms with Gasteiger partial charge in [-0.3, -0.25) is 9.58 Å². The topological polar surface area (TPSA) is 79.8 Å². The number of morpholine rings is 1. The number of halogens is 1. The van der Waals surface area contributed by atoms with E-state index in [9.17, 15) is 0 Å². The molecule has 0 bridgehead atoms. The molecule has 0 amide bonds. The second-order valence-electron chi connectivity index (χ2n) is 7.77. The number of guanidine groups is 1. The first-order valence-electron chi connectivity index (χ1n) is 11.3. The van der Waals surface area contributed by atoms with Crippen LogP contribution in [-0.2, 0) is 24.2 Å². The fourth-order valence-corrected chi connectivity index (χ4v) is 3.69. The average molecular weight is 564 g/mol. The summed E-state index contributed by atoms with van der Waals surface area (Å²) in [5, 5.41) is 11.3. The Balaban J connectivity index is 0.00000306. The quantitative estimate of drug-likeness (QED) is 0.224. The zero-order chi connectivity index (χ0) is 21.8. The smallest absolute Gasteiger partial charge is 0.191 e. The Kier molecular flexibility index (Phi) is 10.7. The number of nitrogens with one attached hydrogen (secondary N) is 2. The molecular weight excluding hydrogens is 531 g/mol. The highest BCUT2D eigenvalue weighted by Gasteiger charge is 2.10. The molecule has 0 spiro atoms. The molecule has 1 fully saturated rings. The summed E-state index contributed by atoms with van der Waals surface area (Å²) in [5.41, 5.74) is 2.42. The molecule has 1 aliphatic rings. The van der Waals surface area contributed by atoms with E-state index in [0.29, 0.717) is 6.54 Å². The lowest BCUT2D eigenvalue weighted by Crippen LogP contribution is -2.44. The third kappa shape index (κ3) is 8.49. The van der Waals surface area contributed by atoms with Gasteiger partial charge in [0, 0.05) is 51.5 Å². The molecule has 0 saturated carbocycles. The predicted octanol–water partition coefficient (Wildman–Crippen LogP) is 2.75. The number of hydrogen-bond donors (Lipinski definition) is 2. The number of benzene rings is 1. The van der Waals surface area contributed by atoms with Gasteiger partial charge < -0.3 is 19.8 Å². The molecule has 4 rings (SSSR count). The second-order valence-corrected chi connectivity index (χ2v) is 7.77. The first-order chi connectivity index (χ1) is 15.9. The van der Waals surface area contributed by atoms with E-state index < -0.39 is 0 Å². The van der Waals surface area contributed by atoms with Crippen LogP contribution in [0.2, 0.25) is 0 Å². The summed E-state index contributed by atoms with van der Waals surface area (Å²) in [6, 6.07) is 14.3. The Labute approximate surface area is 212 Å². The number of furan rings is 1. The molecule has 8 nitrogen and oxygen atoms in total. The molecule has 2 N–H and O–H groups in total. The maximum atomic E-state index is 5.44. The molecule has 0 radical (unpaired) electrons. The summed E-state index contributed by atoms with van der Waals surface area (Å²) in [7, 11) is 0. The molecular formula is C24H33IN6O2. The largest absolute Gasteiger partial charge is 0.469 e. The van der Waals surface area contributed by atoms with Gasteiger partial charge in [-0.1, -0.05) is 24.3 Å². The Bertz CT molecular complexity index is 940. The van der Waals surface area contributed by atoms with E-state index in [0.717, 1.165) is 70.6 Å². The number of rotatable bonds is 10. The highest BCUT2D eigenvalue weighted by molar-refractivity contribution is 14.0. The zero-order valence-corrected chi connectivity index (χ0v) is 21.2. The first kappa shape index (κ1) is 25.3. The monoisotopic (exact) mass is 564 g/mol. The SMILES string of the molecule is I.c1coc(CCNC(=NCc2ccccc2Cn2cccn2)NCCN2CCOCC2)c1. The summed E-state index contributed by atoms with van der Waals surface area (Å²) >= 11 is 0. The minimum Gasteiger partial charge on any atom is -0.469 e. The van der Waals surface area contributed by atoms with E-state index in [4.69, 9.17) is 14.1 Å². The van der Waals surface area contributed by atoms with E-state index in [-0.39, 0.29) is 24.0 Å². The minimum atomic E-state index is 0. The molecule has 9 heteroatoms. The van der Waals surface area contributed by atoms with E-state index in [1.165, 1.54) is 11.1 Å². The molecule has 2 aromatic heterocycles. The molecule has 0 unspecified atom stereocenters. The van der Waals surface area contributed by atoms with Gasteiger partial charge in [-0.15, -0.1) is 24.0 Å². The zero-order valence-electron chi connectivity index (χ0n) is 18.9. The van der Waals surface area contributed by atoms with Crippen molar-refractivity contribution >= 4 is 29.9 Å². The average Bonchev–Trinajstić information content (AvgIpc) is 3.53. The van der Waals surface area contributed by atoms with Gasteiger partial charge in [0.2, 0.25) is 0 Å². The summed E-state index contributed by atoms with van der Waals surface area (Å²) in [6.45, 7) is 7.51. The van der Waals surface area contributed by atoms with Gasteiger partial charge in [0.05, 0.1) is 32.6 Å². The van der Waals surface area contributed by atoms with Crippen molar-refractivity contribution in [1.29, 1.82) is 0 Å². The van der Waals surface area contributed by atoms with Crippen LogP contribution in [0.25, 0.3) is 0 Å². The van der Waals surface area contributed by atoms with Crippen LogP contribution in [-0.4, -0.2) is 66.6 Å². The summed E-state index contributed by atoms with van der Waals surface area (Å²) in [5.74, 6) is 1.79. The van der Waals surface area contributed by atoms with E-state index in [2.05, 4.69) is 44.9 Å². The van der Waals surface area contributed by atoms with Crippen LogP contribution in [0.15, 0.2) is 70.5 Å². The van der Waals surface area contributed by atoms with Crippen molar-refractivity contribution < 1.29 is 9.15 Å². The van der Waals surface area contributed by atoms with Crippen molar-refractivity contribution in [2.75, 3.05) is 45.9 Å². The molecule has 0 atom stereocenters. The molecule has 1 saturated heterocycles. The highest BCUT2D eigenvalue weighted by atomic mass is 127. The van der Waals surface area contributed by atoms with Gasteiger partial charge in [0.15, 0.2) is 5.96 Å². The van der Waals surface area contributed by atoms with Crippen LogP contribution in [0.1, 0.15) is 16.9 Å². The molecule has 33 heavy (non-hydrogen) atoms. The van der Waals surface area contributed by atoms with Crippen molar-refractivity contribution in [3.05, 3.63) is 78.0 Å². The predicted molar refractivity (Wildman–Crippen MR) is 140 cm³/mol. The molecule has 1 aliphatic heterocycles. The van der Waals surface area contributed by atoms with Crippen LogP contribution in [0, 0.1) is 0 Å². The number of ether oxygens (including phenoxy) is 1. The minimum absolute atomic E-state index is 0. The lowest BCUT2D eigenvalue weighted by atomic mass is 10.1. The van der Waals surface area contributed by atoms with Gasteiger partial charge in [-0.2, -0.15) is 5.10 Å². The summed E-state index contributed by atoms with van der Waals surface area (Å²) in [4.78, 5) is 7.29. The molecule has 3 heterocycles. The van der Waals surface area contributed by atoms with Crippen LogP contribution >= 0.6 is 24.0 Å². The van der Waals surface area contributed by atoms with Crippen LogP contribution in [0.3, 0.4) is 0 Å².